The highest BCUT2D eigenvalue weighted by atomic mass is 79.9. The van der Waals surface area contributed by atoms with Crippen LogP contribution in [0.4, 0.5) is 13.2 Å². The predicted molar refractivity (Wildman–Crippen MR) is 43.4 cm³/mol. The van der Waals surface area contributed by atoms with Crippen molar-refractivity contribution in [3.05, 3.63) is 22.1 Å². The molecule has 1 heterocycles. The first-order chi connectivity index (χ1) is 6.07. The lowest BCUT2D eigenvalue weighted by Gasteiger charge is -2.06. The Balaban J connectivity index is 3.23. The van der Waals surface area contributed by atoms with E-state index < -0.39 is 17.8 Å². The molecule has 0 unspecified atom stereocenters. The van der Waals surface area contributed by atoms with Gasteiger partial charge in [-0.25, -0.2) is 18.2 Å². The molecule has 0 saturated carbocycles. The monoisotopic (exact) mass is 255 g/mol. The van der Waals surface area contributed by atoms with Gasteiger partial charge >= 0.3 is 0 Å². The Labute approximate surface area is 80.9 Å². The fraction of sp³-hybridized carbons (Fsp3) is 0.286. The van der Waals surface area contributed by atoms with Crippen LogP contribution in [0.25, 0.3) is 0 Å². The topological polar surface area (TPSA) is 22.1 Å². The van der Waals surface area contributed by atoms with Crippen molar-refractivity contribution in [1.29, 1.82) is 0 Å². The quantitative estimate of drug-likeness (QED) is 0.811. The second kappa shape index (κ2) is 3.95. The van der Waals surface area contributed by atoms with E-state index in [1.165, 1.54) is 7.11 Å². The summed E-state index contributed by atoms with van der Waals surface area (Å²) in [5.41, 5.74) is -0.743. The van der Waals surface area contributed by atoms with Crippen molar-refractivity contribution < 1.29 is 17.9 Å². The van der Waals surface area contributed by atoms with Gasteiger partial charge in [-0.15, -0.1) is 0 Å². The average Bonchev–Trinajstić information content (AvgIpc) is 2.09. The number of hydrogen-bond donors (Lipinski definition) is 0. The summed E-state index contributed by atoms with van der Waals surface area (Å²) in [6.45, 7) is 0. The SMILES string of the molecule is COc1ncc(C(F)F)c(F)c1Br. The van der Waals surface area contributed by atoms with Gasteiger partial charge in [-0.05, 0) is 15.9 Å². The Kier molecular flexibility index (Phi) is 3.13. The molecule has 0 saturated heterocycles. The fourth-order valence-electron chi connectivity index (χ4n) is 0.757. The van der Waals surface area contributed by atoms with E-state index in [-0.39, 0.29) is 10.4 Å². The lowest BCUT2D eigenvalue weighted by Crippen LogP contribution is -1.97. The van der Waals surface area contributed by atoms with Crippen LogP contribution < -0.4 is 4.74 Å². The number of hydrogen-bond acceptors (Lipinski definition) is 2. The molecule has 72 valence electrons. The summed E-state index contributed by atoms with van der Waals surface area (Å²) in [6.07, 6.45) is -2.13. The summed E-state index contributed by atoms with van der Waals surface area (Å²) in [6, 6.07) is 0. The maximum atomic E-state index is 13.1. The zero-order valence-corrected chi connectivity index (χ0v) is 8.11. The number of aromatic nitrogens is 1. The number of rotatable bonds is 2. The smallest absolute Gasteiger partial charge is 0.268 e. The van der Waals surface area contributed by atoms with E-state index in [9.17, 15) is 13.2 Å². The van der Waals surface area contributed by atoms with E-state index in [0.29, 0.717) is 0 Å². The largest absolute Gasteiger partial charge is 0.480 e. The van der Waals surface area contributed by atoms with Crippen molar-refractivity contribution in [3.63, 3.8) is 0 Å². The average molecular weight is 256 g/mol. The van der Waals surface area contributed by atoms with Crippen LogP contribution in [0.15, 0.2) is 10.7 Å². The zero-order chi connectivity index (χ0) is 10.0. The van der Waals surface area contributed by atoms with Crippen molar-refractivity contribution in [1.82, 2.24) is 4.98 Å². The van der Waals surface area contributed by atoms with Crippen molar-refractivity contribution >= 4 is 15.9 Å². The molecule has 0 radical (unpaired) electrons. The van der Waals surface area contributed by atoms with Crippen molar-refractivity contribution in [2.24, 2.45) is 0 Å². The molecule has 1 rings (SSSR count). The van der Waals surface area contributed by atoms with Gasteiger partial charge < -0.3 is 4.74 Å². The Morgan fingerprint density at radius 1 is 1.54 bits per heavy atom. The molecule has 2 nitrogen and oxygen atoms in total. The number of alkyl halides is 2. The number of methoxy groups -OCH3 is 1. The third-order valence-electron chi connectivity index (χ3n) is 1.38. The first kappa shape index (κ1) is 10.3. The number of ether oxygens (including phenoxy) is 1. The highest BCUT2D eigenvalue weighted by molar-refractivity contribution is 9.10. The molecule has 0 aromatic carbocycles. The summed E-state index contributed by atoms with van der Waals surface area (Å²) < 4.78 is 41.7. The highest BCUT2D eigenvalue weighted by Gasteiger charge is 2.19. The Bertz CT molecular complexity index is 319. The minimum Gasteiger partial charge on any atom is -0.480 e. The van der Waals surface area contributed by atoms with Gasteiger partial charge in [0.25, 0.3) is 6.43 Å². The second-order valence-corrected chi connectivity index (χ2v) is 2.94. The van der Waals surface area contributed by atoms with Crippen molar-refractivity contribution in [2.45, 2.75) is 6.43 Å². The number of nitrogens with zero attached hydrogens (tertiary/aromatic N) is 1. The first-order valence-corrected chi connectivity index (χ1v) is 4.03. The summed E-state index contributed by atoms with van der Waals surface area (Å²) in [7, 11) is 1.27. The fourth-order valence-corrected chi connectivity index (χ4v) is 1.25. The van der Waals surface area contributed by atoms with Gasteiger partial charge in [-0.2, -0.15) is 0 Å². The Morgan fingerprint density at radius 2 is 2.15 bits per heavy atom. The summed E-state index contributed by atoms with van der Waals surface area (Å²) in [5, 5.41) is 0. The van der Waals surface area contributed by atoms with Crippen molar-refractivity contribution in [3.8, 4) is 5.88 Å². The maximum Gasteiger partial charge on any atom is 0.268 e. The number of halogens is 4. The van der Waals surface area contributed by atoms with Crippen LogP contribution in [0, 0.1) is 5.82 Å². The van der Waals surface area contributed by atoms with Gasteiger partial charge in [0.05, 0.1) is 12.7 Å². The molecular formula is C7H5BrF3NO. The molecular weight excluding hydrogens is 251 g/mol. The van der Waals surface area contributed by atoms with Crippen LogP contribution in [0.2, 0.25) is 0 Å². The zero-order valence-electron chi connectivity index (χ0n) is 6.52. The third kappa shape index (κ3) is 1.93. The van der Waals surface area contributed by atoms with Crippen LogP contribution in [0.5, 0.6) is 5.88 Å². The first-order valence-electron chi connectivity index (χ1n) is 3.24. The van der Waals surface area contributed by atoms with E-state index in [4.69, 9.17) is 0 Å². The molecule has 0 fully saturated rings. The van der Waals surface area contributed by atoms with Crippen LogP contribution in [-0.2, 0) is 0 Å². The normalized spacial score (nSPS) is 10.6. The summed E-state index contributed by atoms with van der Waals surface area (Å²) >= 11 is 2.76. The molecule has 0 N–H and O–H groups in total. The van der Waals surface area contributed by atoms with E-state index in [1.54, 1.807) is 0 Å². The van der Waals surface area contributed by atoms with Crippen LogP contribution in [0.3, 0.4) is 0 Å². The minimum atomic E-state index is -2.88. The van der Waals surface area contributed by atoms with Crippen LogP contribution in [-0.4, -0.2) is 12.1 Å². The Hall–Kier alpha value is -0.780. The van der Waals surface area contributed by atoms with Gasteiger partial charge in [0.15, 0.2) is 5.82 Å². The van der Waals surface area contributed by atoms with E-state index in [0.717, 1.165) is 6.20 Å². The molecule has 0 bridgehead atoms. The molecule has 0 aliphatic rings. The van der Waals surface area contributed by atoms with Crippen LogP contribution in [0.1, 0.15) is 12.0 Å². The minimum absolute atomic E-state index is 0.0538. The van der Waals surface area contributed by atoms with Gasteiger partial charge in [0.1, 0.15) is 4.47 Å². The lowest BCUT2D eigenvalue weighted by molar-refractivity contribution is 0.145. The number of pyridine rings is 1. The van der Waals surface area contributed by atoms with Gasteiger partial charge in [-0.1, -0.05) is 0 Å². The standard InChI is InChI=1S/C7H5BrF3NO/c1-13-7-4(8)5(9)3(2-12-7)6(10)11/h2,6H,1H3. The summed E-state index contributed by atoms with van der Waals surface area (Å²) in [5.74, 6) is -1.09. The highest BCUT2D eigenvalue weighted by Crippen LogP contribution is 2.31. The van der Waals surface area contributed by atoms with Crippen LogP contribution >= 0.6 is 15.9 Å². The molecule has 0 spiro atoms. The Morgan fingerprint density at radius 3 is 2.62 bits per heavy atom. The molecule has 13 heavy (non-hydrogen) atoms. The predicted octanol–water partition coefficient (Wildman–Crippen LogP) is 2.93. The van der Waals surface area contributed by atoms with Gasteiger partial charge in [0, 0.05) is 6.20 Å². The lowest BCUT2D eigenvalue weighted by atomic mass is 10.3. The molecule has 1 aromatic rings. The van der Waals surface area contributed by atoms with E-state index in [1.807, 2.05) is 0 Å². The van der Waals surface area contributed by atoms with Gasteiger partial charge in [-0.3, -0.25) is 0 Å². The third-order valence-corrected chi connectivity index (χ3v) is 2.07. The van der Waals surface area contributed by atoms with Crippen molar-refractivity contribution in [2.75, 3.05) is 7.11 Å². The van der Waals surface area contributed by atoms with Gasteiger partial charge in [0.2, 0.25) is 5.88 Å². The summed E-state index contributed by atoms with van der Waals surface area (Å²) in [4.78, 5) is 3.49. The molecule has 1 aromatic heterocycles. The molecule has 6 heteroatoms. The van der Waals surface area contributed by atoms with E-state index in [2.05, 4.69) is 25.7 Å². The molecule has 0 amide bonds. The second-order valence-electron chi connectivity index (χ2n) is 2.15. The van der Waals surface area contributed by atoms with E-state index >= 15 is 0 Å². The molecule has 0 atom stereocenters. The molecule has 0 aliphatic heterocycles. The maximum absolute atomic E-state index is 13.1. The molecule has 0 aliphatic carbocycles.